The Morgan fingerprint density at radius 2 is 1.92 bits per heavy atom. The van der Waals surface area contributed by atoms with E-state index in [1.165, 1.54) is 0 Å². The van der Waals surface area contributed by atoms with Crippen LogP contribution in [-0.2, 0) is 13.0 Å². The molecule has 1 aromatic heterocycles. The maximum Gasteiger partial charge on any atom is 0.319 e. The van der Waals surface area contributed by atoms with Gasteiger partial charge in [0.25, 0.3) is 5.91 Å². The smallest absolute Gasteiger partial charge is 0.319 e. The second-order valence-electron chi connectivity index (χ2n) is 7.09. The van der Waals surface area contributed by atoms with Crippen LogP contribution < -0.4 is 0 Å². The van der Waals surface area contributed by atoms with E-state index in [2.05, 4.69) is 4.98 Å². The van der Waals surface area contributed by atoms with Crippen molar-refractivity contribution in [2.24, 2.45) is 5.92 Å². The van der Waals surface area contributed by atoms with Crippen LogP contribution in [0.2, 0.25) is 0 Å². The van der Waals surface area contributed by atoms with Gasteiger partial charge >= 0.3 is 6.03 Å². The van der Waals surface area contributed by atoms with Gasteiger partial charge < -0.3 is 19.8 Å². The summed E-state index contributed by atoms with van der Waals surface area (Å²) in [5, 5.41) is 9.25. The Kier molecular flexibility index (Phi) is 5.22. The van der Waals surface area contributed by atoms with E-state index in [1.807, 2.05) is 4.90 Å². The van der Waals surface area contributed by atoms with Gasteiger partial charge in [0.2, 0.25) is 0 Å². The minimum absolute atomic E-state index is 0.0199. The van der Waals surface area contributed by atoms with Gasteiger partial charge in [0.1, 0.15) is 0 Å². The van der Waals surface area contributed by atoms with Crippen molar-refractivity contribution >= 4 is 11.9 Å². The maximum atomic E-state index is 12.9. The summed E-state index contributed by atoms with van der Waals surface area (Å²) in [6, 6.07) is -0.0199. The largest absolute Gasteiger partial charge is 0.396 e. The minimum Gasteiger partial charge on any atom is -0.396 e. The number of aromatic nitrogens is 1. The van der Waals surface area contributed by atoms with Crippen LogP contribution in [0.15, 0.2) is 12.4 Å². The maximum absolute atomic E-state index is 12.9. The molecule has 1 fully saturated rings. The molecule has 3 heterocycles. The van der Waals surface area contributed by atoms with Gasteiger partial charge in [-0.25, -0.2) is 4.79 Å². The van der Waals surface area contributed by atoms with Gasteiger partial charge in [0.05, 0.1) is 5.56 Å². The van der Waals surface area contributed by atoms with Crippen LogP contribution in [0.25, 0.3) is 0 Å². The van der Waals surface area contributed by atoms with Gasteiger partial charge in [-0.05, 0) is 36.3 Å². The average Bonchev–Trinajstić information content (AvgIpc) is 2.65. The number of piperidine rings is 1. The van der Waals surface area contributed by atoms with Crippen LogP contribution in [0.3, 0.4) is 0 Å². The Balaban J connectivity index is 1.76. The molecule has 0 aliphatic carbocycles. The summed E-state index contributed by atoms with van der Waals surface area (Å²) in [4.78, 5) is 34.6. The van der Waals surface area contributed by atoms with Crippen molar-refractivity contribution < 1.29 is 14.7 Å². The van der Waals surface area contributed by atoms with E-state index in [0.29, 0.717) is 44.1 Å². The van der Waals surface area contributed by atoms with Crippen LogP contribution in [0.1, 0.15) is 34.3 Å². The van der Waals surface area contributed by atoms with E-state index in [0.717, 1.165) is 24.0 Å². The number of aliphatic hydroxyl groups excluding tert-OH is 1. The lowest BCUT2D eigenvalue weighted by molar-refractivity contribution is 0.0648. The normalized spacial score (nSPS) is 18.0. The molecule has 2 aliphatic heterocycles. The van der Waals surface area contributed by atoms with Crippen molar-refractivity contribution in [2.75, 3.05) is 40.3 Å². The molecule has 7 heteroatoms. The molecule has 3 rings (SSSR count). The van der Waals surface area contributed by atoms with E-state index in [1.54, 1.807) is 36.3 Å². The first-order valence-electron chi connectivity index (χ1n) is 8.83. The molecule has 0 unspecified atom stereocenters. The third-order valence-electron chi connectivity index (χ3n) is 5.18. The van der Waals surface area contributed by atoms with Crippen LogP contribution in [-0.4, -0.2) is 77.1 Å². The van der Waals surface area contributed by atoms with Gasteiger partial charge in [0, 0.05) is 59.3 Å². The van der Waals surface area contributed by atoms with Crippen molar-refractivity contribution in [1.82, 2.24) is 19.7 Å². The van der Waals surface area contributed by atoms with E-state index >= 15 is 0 Å². The van der Waals surface area contributed by atoms with E-state index in [4.69, 9.17) is 0 Å². The molecular weight excluding hydrogens is 320 g/mol. The number of nitrogens with zero attached hydrogens (tertiary/aromatic N) is 4. The molecule has 0 atom stereocenters. The summed E-state index contributed by atoms with van der Waals surface area (Å²) in [5.74, 6) is 0.325. The summed E-state index contributed by atoms with van der Waals surface area (Å²) in [6.07, 6.45) is 5.78. The molecule has 1 aromatic rings. The second kappa shape index (κ2) is 7.39. The van der Waals surface area contributed by atoms with Crippen LogP contribution in [0, 0.1) is 5.92 Å². The molecule has 0 saturated carbocycles. The quantitative estimate of drug-likeness (QED) is 0.865. The van der Waals surface area contributed by atoms with E-state index < -0.39 is 0 Å². The van der Waals surface area contributed by atoms with Crippen LogP contribution in [0.4, 0.5) is 4.79 Å². The van der Waals surface area contributed by atoms with E-state index in [9.17, 15) is 14.7 Å². The highest BCUT2D eigenvalue weighted by atomic mass is 16.3. The Morgan fingerprint density at radius 3 is 2.56 bits per heavy atom. The topological polar surface area (TPSA) is 77.0 Å². The number of carbonyl (C=O) groups excluding carboxylic acids is 2. The first-order chi connectivity index (χ1) is 12.0. The number of hydrogen-bond acceptors (Lipinski definition) is 4. The van der Waals surface area contributed by atoms with Gasteiger partial charge in [-0.2, -0.15) is 0 Å². The summed E-state index contributed by atoms with van der Waals surface area (Å²) in [5.41, 5.74) is 2.64. The van der Waals surface area contributed by atoms with Crippen molar-refractivity contribution in [3.8, 4) is 0 Å². The highest BCUT2D eigenvalue weighted by Crippen LogP contribution is 2.25. The predicted molar refractivity (Wildman–Crippen MR) is 93.1 cm³/mol. The molecule has 25 heavy (non-hydrogen) atoms. The van der Waals surface area contributed by atoms with Gasteiger partial charge in [-0.15, -0.1) is 0 Å². The summed E-state index contributed by atoms with van der Waals surface area (Å²) in [7, 11) is 3.48. The number of urea groups is 1. The van der Waals surface area contributed by atoms with Gasteiger partial charge in [-0.1, -0.05) is 0 Å². The lowest BCUT2D eigenvalue weighted by Crippen LogP contribution is -2.43. The number of rotatable bonds is 2. The van der Waals surface area contributed by atoms with E-state index in [-0.39, 0.29) is 18.5 Å². The molecule has 136 valence electrons. The monoisotopic (exact) mass is 346 g/mol. The highest BCUT2D eigenvalue weighted by Gasteiger charge is 2.29. The molecule has 0 bridgehead atoms. The standard InChI is InChI=1S/C18H26N4O3/c1-20(2)18(25)22-8-5-15-14(11-22)9-19-10-16(15)17(24)21-6-3-13(12-23)4-7-21/h9-10,13,23H,3-8,11-12H2,1-2H3. The number of likely N-dealkylation sites (tertiary alicyclic amines) is 1. The number of hydrogen-bond donors (Lipinski definition) is 1. The van der Waals surface area contributed by atoms with Gasteiger partial charge in [-0.3, -0.25) is 9.78 Å². The summed E-state index contributed by atoms with van der Waals surface area (Å²) >= 11 is 0. The predicted octanol–water partition coefficient (Wildman–Crippen LogP) is 0.966. The lowest BCUT2D eigenvalue weighted by Gasteiger charge is -2.34. The third-order valence-corrected chi connectivity index (χ3v) is 5.18. The third kappa shape index (κ3) is 3.61. The zero-order valence-corrected chi connectivity index (χ0v) is 14.9. The number of amides is 3. The molecule has 1 saturated heterocycles. The molecule has 3 amide bonds. The summed E-state index contributed by atoms with van der Waals surface area (Å²) in [6.45, 7) is 2.66. The first kappa shape index (κ1) is 17.7. The number of pyridine rings is 1. The molecule has 1 N–H and O–H groups in total. The van der Waals surface area contributed by atoms with Crippen LogP contribution >= 0.6 is 0 Å². The van der Waals surface area contributed by atoms with Gasteiger partial charge in [0.15, 0.2) is 0 Å². The molecule has 2 aliphatic rings. The van der Waals surface area contributed by atoms with Crippen molar-refractivity contribution in [3.05, 3.63) is 29.1 Å². The van der Waals surface area contributed by atoms with Crippen molar-refractivity contribution in [1.29, 1.82) is 0 Å². The fourth-order valence-corrected chi connectivity index (χ4v) is 3.61. The average molecular weight is 346 g/mol. The lowest BCUT2D eigenvalue weighted by atomic mass is 9.94. The summed E-state index contributed by atoms with van der Waals surface area (Å²) < 4.78 is 0. The Hall–Kier alpha value is -2.15. The van der Waals surface area contributed by atoms with Crippen molar-refractivity contribution in [3.63, 3.8) is 0 Å². The van der Waals surface area contributed by atoms with Crippen molar-refractivity contribution in [2.45, 2.75) is 25.8 Å². The zero-order valence-electron chi connectivity index (χ0n) is 14.9. The Labute approximate surface area is 148 Å². The Morgan fingerprint density at radius 1 is 1.20 bits per heavy atom. The zero-order chi connectivity index (χ0) is 18.0. The van der Waals surface area contributed by atoms with Crippen LogP contribution in [0.5, 0.6) is 0 Å². The Bertz CT molecular complexity index is 654. The fourth-order valence-electron chi connectivity index (χ4n) is 3.61. The number of aliphatic hydroxyl groups is 1. The SMILES string of the molecule is CN(C)C(=O)N1CCc2c(cncc2C(=O)N2CCC(CO)CC2)C1. The second-order valence-corrected chi connectivity index (χ2v) is 7.09. The molecule has 0 spiro atoms. The highest BCUT2D eigenvalue weighted by molar-refractivity contribution is 5.96. The molecule has 7 nitrogen and oxygen atoms in total. The number of carbonyl (C=O) groups is 2. The first-order valence-corrected chi connectivity index (χ1v) is 8.83. The molecular formula is C18H26N4O3. The minimum atomic E-state index is -0.0199. The molecule has 0 radical (unpaired) electrons. The number of fused-ring (bicyclic) bond motifs is 1. The fraction of sp³-hybridized carbons (Fsp3) is 0.611. The molecule has 0 aromatic carbocycles.